The van der Waals surface area contributed by atoms with Gasteiger partial charge in [-0.2, -0.15) is 0 Å². The second kappa shape index (κ2) is 14.7. The zero-order valence-corrected chi connectivity index (χ0v) is 28.0. The van der Waals surface area contributed by atoms with Crippen LogP contribution in [0.5, 0.6) is 0 Å². The van der Waals surface area contributed by atoms with Crippen molar-refractivity contribution in [3.8, 4) is 0 Å². The number of aldehydes is 3. The molecule has 4 rings (SSSR count). The molecule has 0 aromatic rings. The molecule has 0 aromatic carbocycles. The first-order chi connectivity index (χ1) is 22.8. The molecule has 272 valence electrons. The monoisotopic (exact) mass is 700 g/mol. The highest BCUT2D eigenvalue weighted by Gasteiger charge is 2.70. The maximum absolute atomic E-state index is 13.5. The number of hydrogen-bond donors (Lipinski definition) is 0. The van der Waals surface area contributed by atoms with E-state index in [4.69, 9.17) is 28.4 Å². The average molecular weight is 701 g/mol. The third kappa shape index (κ3) is 8.48. The molecular formula is C31H40O18. The van der Waals surface area contributed by atoms with Gasteiger partial charge in [0.15, 0.2) is 18.9 Å². The fraction of sp³-hybridized carbons (Fsp3) is 0.710. The Balaban J connectivity index is 2.01. The number of hydrogen-bond acceptors (Lipinski definition) is 18. The van der Waals surface area contributed by atoms with E-state index in [1.165, 1.54) is 0 Å². The van der Waals surface area contributed by atoms with E-state index in [-0.39, 0.29) is 57.4 Å². The SMILES string of the molecule is COC(=O)COC(C)(C=O)C(=O)OC12CC3CC(OC(=O)C(C)(C=O)OCC(=O)OC)(C1)CC(OC(=O)C(C)(C=O)OCC(=O)OC)(C3)C2. The van der Waals surface area contributed by atoms with Gasteiger partial charge in [-0.25, -0.2) is 28.8 Å². The van der Waals surface area contributed by atoms with E-state index in [2.05, 4.69) is 14.2 Å². The van der Waals surface area contributed by atoms with Gasteiger partial charge in [0.1, 0.15) is 36.6 Å². The van der Waals surface area contributed by atoms with Crippen molar-refractivity contribution in [1.82, 2.24) is 0 Å². The molecule has 0 N–H and O–H groups in total. The lowest BCUT2D eigenvalue weighted by molar-refractivity contribution is -0.281. The lowest BCUT2D eigenvalue weighted by Gasteiger charge is -2.64. The highest BCUT2D eigenvalue weighted by molar-refractivity contribution is 5.98. The summed E-state index contributed by atoms with van der Waals surface area (Å²) in [5.41, 5.74) is -11.6. The Morgan fingerprint density at radius 1 is 0.531 bits per heavy atom. The van der Waals surface area contributed by atoms with Gasteiger partial charge in [-0.3, -0.25) is 14.4 Å². The van der Waals surface area contributed by atoms with Crippen LogP contribution in [0.25, 0.3) is 0 Å². The Hall–Kier alpha value is -4.29. The summed E-state index contributed by atoms with van der Waals surface area (Å²) in [5, 5.41) is 0. The highest BCUT2D eigenvalue weighted by atomic mass is 16.6. The van der Waals surface area contributed by atoms with Crippen molar-refractivity contribution in [3.05, 3.63) is 0 Å². The number of ether oxygens (including phenoxy) is 9. The molecule has 4 aliphatic carbocycles. The minimum Gasteiger partial charge on any atom is -0.467 e. The standard InChI is InChI=1S/C31H40O18/c1-26(16-32,44-10-20(35)41-4)23(38)47-29-7-19-8-30(13-29,48-24(39)27(2,17-33)45-11-21(36)42-5)15-31(9-19,14-29)49-25(40)28(3,18-34)46-12-22(37)43-6/h16-19H,7-15H2,1-6H3. The predicted octanol–water partition coefficient (Wildman–Crippen LogP) is -0.728. The Kier molecular flexibility index (Phi) is 11.7. The van der Waals surface area contributed by atoms with Gasteiger partial charge in [0, 0.05) is 19.3 Å². The van der Waals surface area contributed by atoms with Gasteiger partial charge >= 0.3 is 35.8 Å². The minimum absolute atomic E-state index is 0.132. The first-order valence-corrected chi connectivity index (χ1v) is 15.1. The normalized spacial score (nSPS) is 28.7. The Morgan fingerprint density at radius 3 is 0.980 bits per heavy atom. The first kappa shape index (κ1) is 39.2. The van der Waals surface area contributed by atoms with Gasteiger partial charge in [0.2, 0.25) is 16.8 Å². The molecule has 3 unspecified atom stereocenters. The molecule has 4 aliphatic rings. The molecule has 0 saturated heterocycles. The quantitative estimate of drug-likeness (QED) is 0.0741. The van der Waals surface area contributed by atoms with Gasteiger partial charge in [0.25, 0.3) is 0 Å². The number of methoxy groups -OCH3 is 3. The summed E-state index contributed by atoms with van der Waals surface area (Å²) in [6.07, 6.45) is 0.246. The van der Waals surface area contributed by atoms with E-state index in [9.17, 15) is 43.2 Å². The predicted molar refractivity (Wildman–Crippen MR) is 155 cm³/mol. The van der Waals surface area contributed by atoms with Crippen LogP contribution in [0.4, 0.5) is 0 Å². The number of esters is 6. The highest BCUT2D eigenvalue weighted by Crippen LogP contribution is 2.63. The van der Waals surface area contributed by atoms with E-state index in [0.717, 1.165) is 42.1 Å². The second-order valence-electron chi connectivity index (χ2n) is 13.0. The maximum atomic E-state index is 13.5. The molecule has 4 bridgehead atoms. The third-order valence-corrected chi connectivity index (χ3v) is 8.89. The van der Waals surface area contributed by atoms with Crippen LogP contribution in [-0.2, 0) is 85.8 Å². The smallest absolute Gasteiger partial charge is 0.346 e. The van der Waals surface area contributed by atoms with Crippen LogP contribution >= 0.6 is 0 Å². The van der Waals surface area contributed by atoms with Crippen LogP contribution in [-0.4, -0.2) is 129 Å². The molecule has 4 saturated carbocycles. The van der Waals surface area contributed by atoms with Crippen LogP contribution in [0.3, 0.4) is 0 Å². The van der Waals surface area contributed by atoms with E-state index in [1.54, 1.807) is 0 Å². The lowest BCUT2D eigenvalue weighted by Crippen LogP contribution is -2.70. The van der Waals surface area contributed by atoms with Gasteiger partial charge in [0.05, 0.1) is 21.3 Å². The van der Waals surface area contributed by atoms with Crippen LogP contribution in [0.2, 0.25) is 0 Å². The maximum Gasteiger partial charge on any atom is 0.346 e. The molecule has 0 spiro atoms. The largest absolute Gasteiger partial charge is 0.467 e. The molecule has 18 nitrogen and oxygen atoms in total. The van der Waals surface area contributed by atoms with Gasteiger partial charge < -0.3 is 42.6 Å². The second-order valence-corrected chi connectivity index (χ2v) is 13.0. The number of rotatable bonds is 18. The number of carbonyl (C=O) groups excluding carboxylic acids is 9. The van der Waals surface area contributed by atoms with Gasteiger partial charge in [-0.1, -0.05) is 0 Å². The zero-order chi connectivity index (χ0) is 36.9. The Morgan fingerprint density at radius 2 is 0.776 bits per heavy atom. The van der Waals surface area contributed by atoms with Crippen LogP contribution < -0.4 is 0 Å². The lowest BCUT2D eigenvalue weighted by atomic mass is 9.50. The summed E-state index contributed by atoms with van der Waals surface area (Å²) in [6.45, 7) is 0.890. The minimum atomic E-state index is -2.29. The Labute approximate surface area is 280 Å². The molecule has 4 fully saturated rings. The van der Waals surface area contributed by atoms with Crippen molar-refractivity contribution >= 4 is 54.7 Å². The number of carbonyl (C=O) groups is 9. The summed E-state index contributed by atoms with van der Waals surface area (Å²) >= 11 is 0. The molecule has 0 amide bonds. The average Bonchev–Trinajstić information content (AvgIpc) is 3.06. The van der Waals surface area contributed by atoms with E-state index < -0.39 is 95.2 Å². The topological polar surface area (TPSA) is 237 Å². The van der Waals surface area contributed by atoms with Crippen LogP contribution in [0.1, 0.15) is 59.3 Å². The Bertz CT molecular complexity index is 1200. The molecule has 0 aliphatic heterocycles. The fourth-order valence-electron chi connectivity index (χ4n) is 6.64. The van der Waals surface area contributed by atoms with Crippen molar-refractivity contribution in [3.63, 3.8) is 0 Å². The van der Waals surface area contributed by atoms with Crippen molar-refractivity contribution < 1.29 is 85.8 Å². The third-order valence-electron chi connectivity index (χ3n) is 8.89. The van der Waals surface area contributed by atoms with E-state index >= 15 is 0 Å². The molecule has 49 heavy (non-hydrogen) atoms. The summed E-state index contributed by atoms with van der Waals surface area (Å²) < 4.78 is 47.1. The summed E-state index contributed by atoms with van der Waals surface area (Å²) in [6, 6.07) is 0. The van der Waals surface area contributed by atoms with Crippen LogP contribution in [0.15, 0.2) is 0 Å². The van der Waals surface area contributed by atoms with Crippen molar-refractivity contribution in [2.24, 2.45) is 5.92 Å². The van der Waals surface area contributed by atoms with Crippen molar-refractivity contribution in [2.45, 2.75) is 92.9 Å². The van der Waals surface area contributed by atoms with Gasteiger partial charge in [-0.05, 0) is 46.0 Å². The summed E-state index contributed by atoms with van der Waals surface area (Å²) in [4.78, 5) is 112. The molecule has 3 atom stereocenters. The van der Waals surface area contributed by atoms with Crippen molar-refractivity contribution in [1.29, 1.82) is 0 Å². The summed E-state index contributed by atoms with van der Waals surface area (Å²) in [7, 11) is 3.22. The van der Waals surface area contributed by atoms with Gasteiger partial charge in [-0.15, -0.1) is 0 Å². The molecule has 18 heteroatoms. The first-order valence-electron chi connectivity index (χ1n) is 15.1. The zero-order valence-electron chi connectivity index (χ0n) is 28.0. The summed E-state index contributed by atoms with van der Waals surface area (Å²) in [5.74, 6) is -6.74. The molecular weight excluding hydrogens is 660 g/mol. The fourth-order valence-corrected chi connectivity index (χ4v) is 6.64. The van der Waals surface area contributed by atoms with E-state index in [1.807, 2.05) is 0 Å². The molecule has 0 aromatic heterocycles. The van der Waals surface area contributed by atoms with Crippen molar-refractivity contribution in [2.75, 3.05) is 41.2 Å². The molecule has 0 radical (unpaired) electrons. The van der Waals surface area contributed by atoms with Crippen LogP contribution in [0, 0.1) is 5.92 Å². The van der Waals surface area contributed by atoms with E-state index in [0.29, 0.717) is 0 Å². The molecule has 0 heterocycles.